The van der Waals surface area contributed by atoms with E-state index < -0.39 is 66.3 Å². The van der Waals surface area contributed by atoms with Gasteiger partial charge in [-0.2, -0.15) is 13.2 Å². The largest absolute Gasteiger partial charge is 0.511 e. The molecular formula is C17H14ClF3N2O12. The molecule has 1 atom stereocenters. The molecule has 2 rings (SSSR count). The lowest BCUT2D eigenvalue weighted by atomic mass is 9.99. The average molecular weight is 531 g/mol. The normalized spacial score (nSPS) is 14.7. The molecule has 1 heterocycles. The minimum atomic E-state index is -5.02. The van der Waals surface area contributed by atoms with E-state index in [4.69, 9.17) is 16.3 Å². The molecule has 0 amide bonds. The Kier molecular flexibility index (Phi) is 8.87. The average Bonchev–Trinajstić information content (AvgIpc) is 2.73. The summed E-state index contributed by atoms with van der Waals surface area (Å²) in [5.41, 5.74) is -0.615. The van der Waals surface area contributed by atoms with Gasteiger partial charge in [0.05, 0.1) is 5.57 Å². The number of alkyl halides is 3. The molecule has 35 heavy (non-hydrogen) atoms. The number of hydrogen-bond acceptors (Lipinski definition) is 12. The zero-order valence-electron chi connectivity index (χ0n) is 17.3. The van der Waals surface area contributed by atoms with Gasteiger partial charge in [-0.1, -0.05) is 11.6 Å². The minimum absolute atomic E-state index is 0.0715. The number of halogens is 4. The van der Waals surface area contributed by atoms with Crippen LogP contribution in [0.1, 0.15) is 11.1 Å². The van der Waals surface area contributed by atoms with Crippen molar-refractivity contribution in [2.75, 3.05) is 20.0 Å². The number of aryl methyl sites for hydroxylation is 1. The molecule has 0 bridgehead atoms. The summed E-state index contributed by atoms with van der Waals surface area (Å²) in [5, 5.41) is 18.0. The predicted octanol–water partition coefficient (Wildman–Crippen LogP) is 2.79. The van der Waals surface area contributed by atoms with E-state index in [1.807, 2.05) is 0 Å². The molecule has 18 heteroatoms. The van der Waals surface area contributed by atoms with E-state index in [0.717, 1.165) is 6.08 Å². The quantitative estimate of drug-likeness (QED) is 0.187. The van der Waals surface area contributed by atoms with E-state index >= 15 is 0 Å². The number of fused-ring (bicyclic) bond motifs is 1. The lowest BCUT2D eigenvalue weighted by molar-refractivity contribution is -0.768. The maximum absolute atomic E-state index is 13.5. The molecule has 1 aliphatic rings. The first-order chi connectivity index (χ1) is 16.3. The number of hydrogen-bond donors (Lipinski definition) is 0. The maximum Gasteiger partial charge on any atom is 0.511 e. The second-order valence-corrected chi connectivity index (χ2v) is 6.94. The predicted molar refractivity (Wildman–Crippen MR) is 103 cm³/mol. The summed E-state index contributed by atoms with van der Waals surface area (Å²) in [4.78, 5) is 52.2. The second-order valence-electron chi connectivity index (χ2n) is 6.50. The van der Waals surface area contributed by atoms with Crippen LogP contribution in [0.25, 0.3) is 6.08 Å². The highest BCUT2D eigenvalue weighted by Gasteiger charge is 2.49. The zero-order chi connectivity index (χ0) is 26.3. The van der Waals surface area contributed by atoms with E-state index in [-0.39, 0.29) is 21.9 Å². The van der Waals surface area contributed by atoms with Crippen molar-refractivity contribution in [1.82, 2.24) is 0 Å². The standard InChI is InChI=1S/C17H14ClF3N2O12/c1-8-2-10(18)3-9-4-12(14(17(19,20)21)35-13(8)9)15(24)30-7-31-16(25)34-11(5-32-22(26)27)6-33-23(28)29/h2-4,11,14H,5-7H2,1H3/t14-/m0/s1. The second kappa shape index (κ2) is 11.4. The van der Waals surface area contributed by atoms with Crippen LogP contribution in [0.2, 0.25) is 5.02 Å². The van der Waals surface area contributed by atoms with Crippen molar-refractivity contribution in [3.05, 3.63) is 54.1 Å². The first kappa shape index (κ1) is 27.2. The number of carbonyl (C=O) groups excluding carboxylic acids is 2. The lowest BCUT2D eigenvalue weighted by Crippen LogP contribution is -2.41. The van der Waals surface area contributed by atoms with Crippen LogP contribution in [0, 0.1) is 27.2 Å². The van der Waals surface area contributed by atoms with Gasteiger partial charge in [0.2, 0.25) is 12.9 Å². The molecule has 0 fully saturated rings. The van der Waals surface area contributed by atoms with Crippen molar-refractivity contribution in [1.29, 1.82) is 0 Å². The summed E-state index contributed by atoms with van der Waals surface area (Å²) >= 11 is 5.89. The molecule has 192 valence electrons. The third-order valence-electron chi connectivity index (χ3n) is 3.99. The van der Waals surface area contributed by atoms with Crippen LogP contribution in [0.5, 0.6) is 5.75 Å². The fraction of sp³-hybridized carbons (Fsp3) is 0.412. The Morgan fingerprint density at radius 1 is 1.14 bits per heavy atom. The SMILES string of the molecule is Cc1cc(Cl)cc2c1O[C@H](C(F)(F)F)C(C(=O)OCOC(=O)OC(CO[N+](=O)[O-])CO[N+](=O)[O-])=C2. The van der Waals surface area contributed by atoms with Gasteiger partial charge in [-0.15, -0.1) is 20.2 Å². The van der Waals surface area contributed by atoms with E-state index in [1.54, 1.807) is 0 Å². The monoisotopic (exact) mass is 530 g/mol. The van der Waals surface area contributed by atoms with Crippen LogP contribution < -0.4 is 4.74 Å². The highest BCUT2D eigenvalue weighted by Crippen LogP contribution is 2.40. The Labute approximate surface area is 197 Å². The van der Waals surface area contributed by atoms with E-state index in [2.05, 4.69) is 23.9 Å². The summed E-state index contributed by atoms with van der Waals surface area (Å²) in [5.74, 6) is -1.71. The van der Waals surface area contributed by atoms with Gasteiger partial charge in [0, 0.05) is 10.6 Å². The van der Waals surface area contributed by atoms with E-state index in [1.165, 1.54) is 19.1 Å². The van der Waals surface area contributed by atoms with E-state index in [0.29, 0.717) is 0 Å². The van der Waals surface area contributed by atoms with Crippen molar-refractivity contribution in [2.24, 2.45) is 0 Å². The molecule has 0 N–H and O–H groups in total. The number of benzene rings is 1. The van der Waals surface area contributed by atoms with Gasteiger partial charge in [0.25, 0.3) is 10.2 Å². The minimum Gasteiger partial charge on any atom is -0.475 e. The molecule has 0 spiro atoms. The molecular weight excluding hydrogens is 517 g/mol. The lowest BCUT2D eigenvalue weighted by Gasteiger charge is -2.28. The van der Waals surface area contributed by atoms with Crippen LogP contribution in [0.15, 0.2) is 17.7 Å². The number of ether oxygens (including phenoxy) is 4. The summed E-state index contributed by atoms with van der Waals surface area (Å²) in [6, 6.07) is 2.63. The van der Waals surface area contributed by atoms with Crippen LogP contribution in [-0.4, -0.2) is 60.7 Å². The van der Waals surface area contributed by atoms with Crippen LogP contribution in [0.4, 0.5) is 18.0 Å². The van der Waals surface area contributed by atoms with E-state index in [9.17, 15) is 43.0 Å². The van der Waals surface area contributed by atoms with Crippen molar-refractivity contribution < 1.29 is 61.6 Å². The number of rotatable bonds is 10. The van der Waals surface area contributed by atoms with Crippen LogP contribution in [-0.2, 0) is 28.7 Å². The number of esters is 1. The summed E-state index contributed by atoms with van der Waals surface area (Å²) in [6.07, 6.45) is -10.2. The fourth-order valence-corrected chi connectivity index (χ4v) is 2.93. The van der Waals surface area contributed by atoms with Crippen molar-refractivity contribution in [2.45, 2.75) is 25.3 Å². The molecule has 0 aromatic heterocycles. The van der Waals surface area contributed by atoms with Gasteiger partial charge in [0.15, 0.2) is 6.10 Å². The van der Waals surface area contributed by atoms with Gasteiger partial charge in [-0.25, -0.2) is 9.59 Å². The molecule has 0 saturated heterocycles. The molecule has 14 nitrogen and oxygen atoms in total. The highest BCUT2D eigenvalue weighted by atomic mass is 35.5. The van der Waals surface area contributed by atoms with Crippen molar-refractivity contribution in [3.8, 4) is 5.75 Å². The molecule has 0 saturated carbocycles. The van der Waals surface area contributed by atoms with Gasteiger partial charge >= 0.3 is 18.3 Å². The molecule has 0 aliphatic carbocycles. The number of nitrogens with zero attached hydrogens (tertiary/aromatic N) is 2. The Balaban J connectivity index is 2.03. The van der Waals surface area contributed by atoms with Crippen LogP contribution in [0.3, 0.4) is 0 Å². The summed E-state index contributed by atoms with van der Waals surface area (Å²) in [7, 11) is 0. The van der Waals surface area contributed by atoms with Crippen molar-refractivity contribution in [3.63, 3.8) is 0 Å². The highest BCUT2D eigenvalue weighted by molar-refractivity contribution is 6.30. The Morgan fingerprint density at radius 3 is 2.29 bits per heavy atom. The van der Waals surface area contributed by atoms with Crippen LogP contribution >= 0.6 is 11.6 Å². The summed E-state index contributed by atoms with van der Waals surface area (Å²) in [6.45, 7) is -1.75. The van der Waals surface area contributed by atoms with Gasteiger partial charge < -0.3 is 28.6 Å². The summed E-state index contributed by atoms with van der Waals surface area (Å²) < 4.78 is 58.8. The number of carbonyl (C=O) groups is 2. The molecule has 0 radical (unpaired) electrons. The first-order valence-corrected chi connectivity index (χ1v) is 9.46. The molecule has 1 aromatic rings. The van der Waals surface area contributed by atoms with Gasteiger partial charge in [-0.3, -0.25) is 0 Å². The molecule has 1 aliphatic heterocycles. The Bertz CT molecular complexity index is 1010. The van der Waals surface area contributed by atoms with Gasteiger partial charge in [-0.05, 0) is 30.7 Å². The molecule has 1 aromatic carbocycles. The zero-order valence-corrected chi connectivity index (χ0v) is 18.1. The fourth-order valence-electron chi connectivity index (χ4n) is 2.65. The Hall–Kier alpha value is -4.02. The third kappa shape index (κ3) is 8.05. The third-order valence-corrected chi connectivity index (χ3v) is 4.21. The Morgan fingerprint density at radius 2 is 1.74 bits per heavy atom. The topological polar surface area (TPSA) is 176 Å². The van der Waals surface area contributed by atoms with Gasteiger partial charge in [0.1, 0.15) is 19.0 Å². The van der Waals surface area contributed by atoms with Crippen molar-refractivity contribution >= 4 is 29.8 Å². The maximum atomic E-state index is 13.5. The first-order valence-electron chi connectivity index (χ1n) is 9.08. The smallest absolute Gasteiger partial charge is 0.475 e. The molecule has 0 unspecified atom stereocenters.